The van der Waals surface area contributed by atoms with Crippen molar-refractivity contribution in [3.05, 3.63) is 65.4 Å². The largest absolute Gasteiger partial charge is 0.496 e. The van der Waals surface area contributed by atoms with Crippen molar-refractivity contribution in [3.8, 4) is 5.75 Å². The third-order valence-electron chi connectivity index (χ3n) is 6.01. The van der Waals surface area contributed by atoms with Crippen molar-refractivity contribution >= 4 is 32.8 Å². The minimum atomic E-state index is -3.58. The van der Waals surface area contributed by atoms with Gasteiger partial charge in [-0.2, -0.15) is 4.31 Å². The number of ether oxygens (including phenoxy) is 1. The van der Waals surface area contributed by atoms with Gasteiger partial charge in [-0.1, -0.05) is 25.6 Å². The fourth-order valence-corrected chi connectivity index (χ4v) is 6.65. The lowest BCUT2D eigenvalue weighted by Gasteiger charge is -2.18. The normalized spacial score (nSPS) is 12.1. The third kappa shape index (κ3) is 4.96. The Morgan fingerprint density at radius 3 is 2.60 bits per heavy atom. The van der Waals surface area contributed by atoms with E-state index in [1.165, 1.54) is 4.31 Å². The molecule has 0 aliphatic carbocycles. The van der Waals surface area contributed by atoms with Crippen molar-refractivity contribution in [2.45, 2.75) is 50.0 Å². The first kappa shape index (κ1) is 25.3. The first-order chi connectivity index (χ1) is 16.8. The van der Waals surface area contributed by atoms with Crippen LogP contribution in [-0.4, -0.2) is 47.5 Å². The van der Waals surface area contributed by atoms with E-state index in [-0.39, 0.29) is 4.90 Å². The number of benzene rings is 1. The van der Waals surface area contributed by atoms with Crippen LogP contribution in [0.3, 0.4) is 0 Å². The number of furan rings is 1. The van der Waals surface area contributed by atoms with E-state index < -0.39 is 10.0 Å². The number of rotatable bonds is 10. The summed E-state index contributed by atoms with van der Waals surface area (Å²) in [6.07, 6.45) is 3.46. The molecule has 0 N–H and O–H groups in total. The van der Waals surface area contributed by atoms with E-state index in [0.717, 1.165) is 39.0 Å². The predicted octanol–water partition coefficient (Wildman–Crippen LogP) is 5.02. The summed E-state index contributed by atoms with van der Waals surface area (Å²) in [5.41, 5.74) is 4.37. The van der Waals surface area contributed by atoms with Gasteiger partial charge in [0.1, 0.15) is 11.5 Å². The summed E-state index contributed by atoms with van der Waals surface area (Å²) in [4.78, 5) is 9.67. The van der Waals surface area contributed by atoms with Crippen molar-refractivity contribution in [1.82, 2.24) is 18.8 Å². The molecule has 3 heterocycles. The third-order valence-corrected chi connectivity index (χ3v) is 9.04. The van der Waals surface area contributed by atoms with E-state index in [9.17, 15) is 8.42 Å². The zero-order valence-electron chi connectivity index (χ0n) is 20.6. The summed E-state index contributed by atoms with van der Waals surface area (Å²) in [5.74, 6) is 2.22. The van der Waals surface area contributed by atoms with Gasteiger partial charge in [0.15, 0.2) is 5.16 Å². The number of imidazole rings is 1. The quantitative estimate of drug-likeness (QED) is 0.274. The molecule has 0 bridgehead atoms. The zero-order chi connectivity index (χ0) is 25.2. The molecule has 186 valence electrons. The average Bonchev–Trinajstić information content (AvgIpc) is 3.47. The lowest BCUT2D eigenvalue weighted by atomic mass is 10.1. The van der Waals surface area contributed by atoms with Crippen LogP contribution in [0.25, 0.3) is 11.0 Å². The lowest BCUT2D eigenvalue weighted by Crippen LogP contribution is -2.30. The second-order valence-corrected chi connectivity index (χ2v) is 11.0. The monoisotopic (exact) mass is 514 g/mol. The van der Waals surface area contributed by atoms with E-state index in [4.69, 9.17) is 14.1 Å². The Balaban J connectivity index is 1.74. The first-order valence-corrected chi connectivity index (χ1v) is 13.9. The Labute approximate surface area is 210 Å². The highest BCUT2D eigenvalue weighted by atomic mass is 32.2. The molecule has 3 aromatic heterocycles. The number of thioether (sulfide) groups is 1. The van der Waals surface area contributed by atoms with E-state index in [2.05, 4.69) is 4.98 Å². The van der Waals surface area contributed by atoms with Gasteiger partial charge in [-0.25, -0.2) is 13.4 Å². The molecule has 4 rings (SSSR count). The van der Waals surface area contributed by atoms with Crippen LogP contribution in [0.15, 0.2) is 57.3 Å². The lowest BCUT2D eigenvalue weighted by molar-refractivity contribution is 0.407. The number of hydrogen-bond acceptors (Lipinski definition) is 7. The summed E-state index contributed by atoms with van der Waals surface area (Å²) in [7, 11) is -1.92. The van der Waals surface area contributed by atoms with Gasteiger partial charge in [0, 0.05) is 36.2 Å². The summed E-state index contributed by atoms with van der Waals surface area (Å²) in [6.45, 7) is 8.96. The molecule has 0 saturated heterocycles. The van der Waals surface area contributed by atoms with Gasteiger partial charge in [-0.15, -0.1) is 0 Å². The molecule has 0 aliphatic rings. The van der Waals surface area contributed by atoms with Crippen molar-refractivity contribution in [2.24, 2.45) is 0 Å². The summed E-state index contributed by atoms with van der Waals surface area (Å²) in [5, 5.41) is 0.759. The Bertz CT molecular complexity index is 1430. The Kier molecular flexibility index (Phi) is 7.53. The molecule has 4 aromatic rings. The molecule has 0 amide bonds. The van der Waals surface area contributed by atoms with Gasteiger partial charge < -0.3 is 13.7 Å². The number of nitrogens with zero attached hydrogens (tertiary/aromatic N) is 4. The summed E-state index contributed by atoms with van der Waals surface area (Å²) >= 11 is 1.55. The molecule has 35 heavy (non-hydrogen) atoms. The molecule has 0 saturated carbocycles. The van der Waals surface area contributed by atoms with Gasteiger partial charge in [0.05, 0.1) is 41.5 Å². The highest BCUT2D eigenvalue weighted by molar-refractivity contribution is 7.98. The molecule has 0 spiro atoms. The average molecular weight is 515 g/mol. The molecule has 0 aliphatic heterocycles. The summed E-state index contributed by atoms with van der Waals surface area (Å²) in [6, 6.07) is 8.90. The number of pyridine rings is 1. The van der Waals surface area contributed by atoms with Crippen LogP contribution in [0.5, 0.6) is 5.75 Å². The predicted molar refractivity (Wildman–Crippen MR) is 137 cm³/mol. The second kappa shape index (κ2) is 10.4. The van der Waals surface area contributed by atoms with Gasteiger partial charge in [0.2, 0.25) is 10.0 Å². The molecule has 0 unspecified atom stereocenters. The van der Waals surface area contributed by atoms with Crippen LogP contribution in [-0.2, 0) is 22.3 Å². The number of aromatic nitrogens is 3. The van der Waals surface area contributed by atoms with Crippen molar-refractivity contribution in [2.75, 3.05) is 20.2 Å². The molecule has 1 aromatic carbocycles. The smallest absolute Gasteiger partial charge is 0.243 e. The molecular formula is C25H30N4O4S2. The summed E-state index contributed by atoms with van der Waals surface area (Å²) < 4.78 is 40.8. The van der Waals surface area contributed by atoms with Gasteiger partial charge >= 0.3 is 0 Å². The Morgan fingerprint density at radius 2 is 1.94 bits per heavy atom. The van der Waals surface area contributed by atoms with Crippen LogP contribution in [0.1, 0.15) is 36.4 Å². The van der Waals surface area contributed by atoms with Crippen LogP contribution < -0.4 is 4.74 Å². The number of aryl methyl sites for hydroxylation is 1. The minimum absolute atomic E-state index is 0.244. The molecule has 10 heteroatoms. The maximum Gasteiger partial charge on any atom is 0.243 e. The molecule has 0 fully saturated rings. The highest BCUT2D eigenvalue weighted by Gasteiger charge is 2.23. The first-order valence-electron chi connectivity index (χ1n) is 11.4. The molecule has 0 radical (unpaired) electrons. The second-order valence-electron chi connectivity index (χ2n) is 8.13. The number of sulfonamides is 1. The zero-order valence-corrected chi connectivity index (χ0v) is 22.2. The maximum absolute atomic E-state index is 13.1. The van der Waals surface area contributed by atoms with Gasteiger partial charge in [-0.05, 0) is 44.2 Å². The standard InChI is InChI=1S/C25H30N4O4S2/c1-6-28(7-2)35(30,31)20-10-11-23-21(13-20)27-25(29(23)15-19-9-8-12-33-19)34-16-22-18(4)24(32-5)17(3)14-26-22/h8-14H,6-7,15-16H2,1-5H3. The van der Waals surface area contributed by atoms with Crippen LogP contribution in [0.4, 0.5) is 0 Å². The fourth-order valence-electron chi connectivity index (χ4n) is 4.13. The van der Waals surface area contributed by atoms with E-state index in [0.29, 0.717) is 30.9 Å². The van der Waals surface area contributed by atoms with E-state index >= 15 is 0 Å². The SMILES string of the molecule is CCN(CC)S(=O)(=O)c1ccc2c(c1)nc(SCc1ncc(C)c(OC)c1C)n2Cc1ccco1. The Hall–Kier alpha value is -2.82. The Morgan fingerprint density at radius 1 is 1.17 bits per heavy atom. The topological polar surface area (TPSA) is 90.5 Å². The fraction of sp³-hybridized carbons (Fsp3) is 0.360. The van der Waals surface area contributed by atoms with Gasteiger partial charge in [-0.3, -0.25) is 4.98 Å². The van der Waals surface area contributed by atoms with Crippen molar-refractivity contribution in [3.63, 3.8) is 0 Å². The van der Waals surface area contributed by atoms with Crippen molar-refractivity contribution < 1.29 is 17.6 Å². The number of methoxy groups -OCH3 is 1. The number of fused-ring (bicyclic) bond motifs is 1. The van der Waals surface area contributed by atoms with Gasteiger partial charge in [0.25, 0.3) is 0 Å². The molecule has 8 nitrogen and oxygen atoms in total. The van der Waals surface area contributed by atoms with Crippen molar-refractivity contribution in [1.29, 1.82) is 0 Å². The van der Waals surface area contributed by atoms with E-state index in [1.54, 1.807) is 37.3 Å². The molecular weight excluding hydrogens is 484 g/mol. The van der Waals surface area contributed by atoms with Crippen LogP contribution in [0, 0.1) is 13.8 Å². The van der Waals surface area contributed by atoms with Crippen LogP contribution in [0.2, 0.25) is 0 Å². The van der Waals surface area contributed by atoms with E-state index in [1.807, 2.05) is 56.7 Å². The van der Waals surface area contributed by atoms with Crippen LogP contribution >= 0.6 is 11.8 Å². The minimum Gasteiger partial charge on any atom is -0.496 e. The molecule has 0 atom stereocenters. The highest BCUT2D eigenvalue weighted by Crippen LogP contribution is 2.32. The number of hydrogen-bond donors (Lipinski definition) is 0. The maximum atomic E-state index is 13.1.